The van der Waals surface area contributed by atoms with Crippen molar-refractivity contribution in [3.8, 4) is 0 Å². The first-order valence-corrected chi connectivity index (χ1v) is 7.73. The van der Waals surface area contributed by atoms with Crippen LogP contribution < -0.4 is 0 Å². The van der Waals surface area contributed by atoms with E-state index < -0.39 is 0 Å². The second-order valence-corrected chi connectivity index (χ2v) is 5.98. The van der Waals surface area contributed by atoms with E-state index in [2.05, 4.69) is 6.08 Å². The number of methoxy groups -OCH3 is 1. The number of rotatable bonds is 3. The molecule has 1 aliphatic heterocycles. The van der Waals surface area contributed by atoms with Crippen molar-refractivity contribution in [1.29, 1.82) is 5.41 Å². The van der Waals surface area contributed by atoms with Crippen LogP contribution in [0.4, 0.5) is 0 Å². The van der Waals surface area contributed by atoms with Crippen LogP contribution in [0.15, 0.2) is 39.4 Å². The number of amides is 1. The van der Waals surface area contributed by atoms with E-state index in [0.29, 0.717) is 10.7 Å². The van der Waals surface area contributed by atoms with E-state index in [4.69, 9.17) is 14.6 Å². The molecule has 2 heterocycles. The van der Waals surface area contributed by atoms with Crippen molar-refractivity contribution in [2.24, 2.45) is 0 Å². The van der Waals surface area contributed by atoms with Crippen LogP contribution in [0.1, 0.15) is 24.4 Å². The Balaban J connectivity index is 1.86. The van der Waals surface area contributed by atoms with Gasteiger partial charge >= 0.3 is 0 Å². The van der Waals surface area contributed by atoms with E-state index >= 15 is 0 Å². The molecule has 1 aliphatic carbocycles. The zero-order chi connectivity index (χ0) is 15.7. The van der Waals surface area contributed by atoms with E-state index in [1.165, 1.54) is 4.90 Å². The Morgan fingerprint density at radius 1 is 1.36 bits per heavy atom. The molecule has 0 unspecified atom stereocenters. The zero-order valence-corrected chi connectivity index (χ0v) is 13.2. The van der Waals surface area contributed by atoms with Gasteiger partial charge in [0.2, 0.25) is 0 Å². The number of thioether (sulfide) groups is 1. The molecule has 3 rings (SSSR count). The molecule has 2 aliphatic rings. The van der Waals surface area contributed by atoms with Crippen molar-refractivity contribution in [3.05, 3.63) is 46.5 Å². The average Bonchev–Trinajstić information content (AvgIpc) is 3.09. The number of nitrogens with zero attached hydrogens (tertiary/aromatic N) is 1. The number of allylic oxidation sites excluding steroid dienone is 3. The normalized spacial score (nSPS) is 20.5. The molecule has 0 radical (unpaired) electrons. The molecule has 22 heavy (non-hydrogen) atoms. The fourth-order valence-electron chi connectivity index (χ4n) is 2.34. The standard InChI is InChI=1S/C16H16N2O3S/c1-18-15(19)14(22-16(18)17)9-10-7-8-13(21-10)11-5-3-4-6-12(11)20-2/h5-9,17H,3-4H2,1-2H3. The van der Waals surface area contributed by atoms with Gasteiger partial charge in [0.15, 0.2) is 5.17 Å². The SMILES string of the molecule is COC1=CCCC=C1c1ccc(C=C2SC(=N)N(C)C2=O)o1. The van der Waals surface area contributed by atoms with Crippen molar-refractivity contribution in [3.63, 3.8) is 0 Å². The lowest BCUT2D eigenvalue weighted by atomic mass is 10.0. The van der Waals surface area contributed by atoms with Gasteiger partial charge in [-0.05, 0) is 42.8 Å². The number of nitrogens with one attached hydrogen (secondary N) is 1. The Morgan fingerprint density at radius 2 is 2.14 bits per heavy atom. The van der Waals surface area contributed by atoms with Gasteiger partial charge in [-0.15, -0.1) is 0 Å². The van der Waals surface area contributed by atoms with E-state index in [1.54, 1.807) is 20.2 Å². The summed E-state index contributed by atoms with van der Waals surface area (Å²) in [7, 11) is 3.24. The molecule has 0 atom stereocenters. The Bertz CT molecular complexity index is 728. The van der Waals surface area contributed by atoms with Gasteiger partial charge in [-0.2, -0.15) is 0 Å². The molecule has 0 saturated carbocycles. The highest BCUT2D eigenvalue weighted by Gasteiger charge is 2.29. The van der Waals surface area contributed by atoms with Crippen LogP contribution >= 0.6 is 11.8 Å². The van der Waals surface area contributed by atoms with E-state index in [1.807, 2.05) is 18.2 Å². The molecule has 0 aromatic carbocycles. The summed E-state index contributed by atoms with van der Waals surface area (Å²) in [6, 6.07) is 3.69. The molecular weight excluding hydrogens is 300 g/mol. The first kappa shape index (κ1) is 14.7. The topological polar surface area (TPSA) is 66.5 Å². The maximum Gasteiger partial charge on any atom is 0.266 e. The minimum Gasteiger partial charge on any atom is -0.496 e. The molecule has 0 spiro atoms. The lowest BCUT2D eigenvalue weighted by Crippen LogP contribution is -2.22. The zero-order valence-electron chi connectivity index (χ0n) is 12.4. The summed E-state index contributed by atoms with van der Waals surface area (Å²) in [6.07, 6.45) is 7.73. The third-order valence-corrected chi connectivity index (χ3v) is 4.50. The highest BCUT2D eigenvalue weighted by molar-refractivity contribution is 8.18. The van der Waals surface area contributed by atoms with Gasteiger partial charge in [0.05, 0.1) is 17.6 Å². The number of ether oxygens (including phenoxy) is 1. The molecule has 1 fully saturated rings. The molecular formula is C16H16N2O3S. The highest BCUT2D eigenvalue weighted by Crippen LogP contribution is 2.33. The number of hydrogen-bond acceptors (Lipinski definition) is 5. The molecule has 5 nitrogen and oxygen atoms in total. The molecule has 1 aromatic heterocycles. The predicted octanol–water partition coefficient (Wildman–Crippen LogP) is 3.47. The summed E-state index contributed by atoms with van der Waals surface area (Å²) in [6.45, 7) is 0. The van der Waals surface area contributed by atoms with Crippen LogP contribution in [0.25, 0.3) is 11.6 Å². The van der Waals surface area contributed by atoms with Crippen LogP contribution in [0.2, 0.25) is 0 Å². The minimum atomic E-state index is -0.178. The van der Waals surface area contributed by atoms with Gasteiger partial charge in [0.25, 0.3) is 5.91 Å². The van der Waals surface area contributed by atoms with Gasteiger partial charge in [-0.3, -0.25) is 15.1 Å². The van der Waals surface area contributed by atoms with Crippen LogP contribution in [0.5, 0.6) is 0 Å². The first-order valence-electron chi connectivity index (χ1n) is 6.91. The molecule has 6 heteroatoms. The van der Waals surface area contributed by atoms with Crippen molar-refractivity contribution in [1.82, 2.24) is 4.90 Å². The van der Waals surface area contributed by atoms with E-state index in [-0.39, 0.29) is 11.1 Å². The molecule has 114 valence electrons. The Morgan fingerprint density at radius 3 is 2.82 bits per heavy atom. The van der Waals surface area contributed by atoms with Gasteiger partial charge < -0.3 is 9.15 Å². The minimum absolute atomic E-state index is 0.178. The lowest BCUT2D eigenvalue weighted by Gasteiger charge is -2.12. The average molecular weight is 316 g/mol. The third-order valence-electron chi connectivity index (χ3n) is 3.52. The fraction of sp³-hybridized carbons (Fsp3) is 0.250. The summed E-state index contributed by atoms with van der Waals surface area (Å²) >= 11 is 1.14. The fourth-order valence-corrected chi connectivity index (χ4v) is 3.16. The second-order valence-electron chi connectivity index (χ2n) is 4.95. The van der Waals surface area contributed by atoms with Gasteiger partial charge in [0, 0.05) is 13.1 Å². The number of carbonyl (C=O) groups is 1. The summed E-state index contributed by atoms with van der Waals surface area (Å²) in [4.78, 5) is 13.8. The third kappa shape index (κ3) is 2.62. The Labute approximate surface area is 132 Å². The maximum atomic E-state index is 11.9. The monoisotopic (exact) mass is 316 g/mol. The largest absolute Gasteiger partial charge is 0.496 e. The first-order chi connectivity index (χ1) is 10.6. The molecule has 1 saturated heterocycles. The van der Waals surface area contributed by atoms with Gasteiger partial charge in [0.1, 0.15) is 17.3 Å². The quantitative estimate of drug-likeness (QED) is 0.867. The molecule has 1 aromatic rings. The summed E-state index contributed by atoms with van der Waals surface area (Å²) in [5, 5.41) is 7.89. The molecule has 1 N–H and O–H groups in total. The van der Waals surface area contributed by atoms with Crippen LogP contribution in [-0.4, -0.2) is 30.1 Å². The number of furan rings is 1. The Kier molecular flexibility index (Phi) is 3.94. The lowest BCUT2D eigenvalue weighted by molar-refractivity contribution is -0.121. The van der Waals surface area contributed by atoms with E-state index in [0.717, 1.165) is 41.7 Å². The second kappa shape index (κ2) is 5.88. The summed E-state index contributed by atoms with van der Waals surface area (Å²) in [5.74, 6) is 1.95. The number of carbonyl (C=O) groups excluding carboxylic acids is 1. The Hall–Kier alpha value is -2.21. The smallest absolute Gasteiger partial charge is 0.266 e. The predicted molar refractivity (Wildman–Crippen MR) is 87.1 cm³/mol. The van der Waals surface area contributed by atoms with Crippen molar-refractivity contribution in [2.45, 2.75) is 12.8 Å². The van der Waals surface area contributed by atoms with Crippen molar-refractivity contribution in [2.75, 3.05) is 14.2 Å². The van der Waals surface area contributed by atoms with Crippen molar-refractivity contribution < 1.29 is 13.9 Å². The van der Waals surface area contributed by atoms with Crippen LogP contribution in [0.3, 0.4) is 0 Å². The van der Waals surface area contributed by atoms with Crippen LogP contribution in [-0.2, 0) is 9.53 Å². The van der Waals surface area contributed by atoms with Crippen LogP contribution in [0, 0.1) is 5.41 Å². The number of likely N-dealkylation sites (N-methyl/N-ethyl adjacent to an activating group) is 1. The van der Waals surface area contributed by atoms with E-state index in [9.17, 15) is 4.79 Å². The number of hydrogen-bond donors (Lipinski definition) is 1. The maximum absolute atomic E-state index is 11.9. The highest BCUT2D eigenvalue weighted by atomic mass is 32.2. The number of amidine groups is 1. The summed E-state index contributed by atoms with van der Waals surface area (Å²) < 4.78 is 11.2. The van der Waals surface area contributed by atoms with Gasteiger partial charge in [-0.1, -0.05) is 6.08 Å². The molecule has 1 amide bonds. The van der Waals surface area contributed by atoms with Gasteiger partial charge in [-0.25, -0.2) is 0 Å². The molecule has 0 bridgehead atoms. The van der Waals surface area contributed by atoms with Crippen molar-refractivity contribution >= 4 is 34.5 Å². The summed E-state index contributed by atoms with van der Waals surface area (Å²) in [5.41, 5.74) is 0.939.